The van der Waals surface area contributed by atoms with Crippen LogP contribution in [0.15, 0.2) is 18.6 Å². The molecule has 1 rings (SSSR count). The Hall–Kier alpha value is -2.11. The third kappa shape index (κ3) is 6.50. The first-order chi connectivity index (χ1) is 12.5. The number of nitrogens with one attached hydrogen (secondary N) is 1. The van der Waals surface area contributed by atoms with Crippen molar-refractivity contribution in [2.24, 2.45) is 22.2 Å². The highest BCUT2D eigenvalue weighted by molar-refractivity contribution is 5.98. The standard InChI is InChI=1S/C22H35N3O3/c1-20(2,3)14(12-16(26)15-13-23-10-11-24-15)19(28)25-17(21(4,5)6)18(27)22(7,8)9/h10-11,13-14,17H,12H2,1-9H3,(H,25,28). The molecular formula is C22H35N3O3. The Morgan fingerprint density at radius 1 is 0.929 bits per heavy atom. The number of hydrogen-bond donors (Lipinski definition) is 1. The number of rotatable bonds is 6. The molecule has 28 heavy (non-hydrogen) atoms. The first-order valence-electron chi connectivity index (χ1n) is 9.69. The number of Topliss-reactive ketones (excluding diaryl/α,β-unsaturated/α-hetero) is 2. The van der Waals surface area contributed by atoms with Crippen molar-refractivity contribution in [2.75, 3.05) is 0 Å². The zero-order valence-corrected chi connectivity index (χ0v) is 18.7. The van der Waals surface area contributed by atoms with Crippen LogP contribution in [0.5, 0.6) is 0 Å². The number of carbonyl (C=O) groups excluding carboxylic acids is 3. The van der Waals surface area contributed by atoms with Crippen LogP contribution in [-0.4, -0.2) is 33.5 Å². The topological polar surface area (TPSA) is 89.0 Å². The first-order valence-corrected chi connectivity index (χ1v) is 9.69. The molecule has 1 heterocycles. The highest BCUT2D eigenvalue weighted by Gasteiger charge is 2.41. The van der Waals surface area contributed by atoms with Gasteiger partial charge in [-0.2, -0.15) is 0 Å². The maximum atomic E-state index is 13.2. The Balaban J connectivity index is 3.12. The van der Waals surface area contributed by atoms with Crippen molar-refractivity contribution in [3.8, 4) is 0 Å². The van der Waals surface area contributed by atoms with Crippen LogP contribution in [0.3, 0.4) is 0 Å². The van der Waals surface area contributed by atoms with Gasteiger partial charge in [-0.15, -0.1) is 0 Å². The van der Waals surface area contributed by atoms with Crippen LogP contribution in [0.1, 0.15) is 79.2 Å². The third-order valence-corrected chi connectivity index (χ3v) is 4.75. The van der Waals surface area contributed by atoms with E-state index in [0.29, 0.717) is 0 Å². The van der Waals surface area contributed by atoms with E-state index in [4.69, 9.17) is 0 Å². The summed E-state index contributed by atoms with van der Waals surface area (Å²) in [7, 11) is 0. The Kier molecular flexibility index (Phi) is 7.26. The molecule has 2 atom stereocenters. The molecule has 0 bridgehead atoms. The van der Waals surface area contributed by atoms with Crippen molar-refractivity contribution in [3.63, 3.8) is 0 Å². The molecule has 0 fully saturated rings. The van der Waals surface area contributed by atoms with Crippen molar-refractivity contribution >= 4 is 17.5 Å². The van der Waals surface area contributed by atoms with Crippen LogP contribution in [-0.2, 0) is 9.59 Å². The van der Waals surface area contributed by atoms with E-state index >= 15 is 0 Å². The predicted molar refractivity (Wildman–Crippen MR) is 110 cm³/mol. The summed E-state index contributed by atoms with van der Waals surface area (Å²) in [4.78, 5) is 46.7. The summed E-state index contributed by atoms with van der Waals surface area (Å²) >= 11 is 0. The van der Waals surface area contributed by atoms with Crippen molar-refractivity contribution < 1.29 is 14.4 Å². The van der Waals surface area contributed by atoms with Crippen LogP contribution in [0.25, 0.3) is 0 Å². The largest absolute Gasteiger partial charge is 0.345 e. The number of hydrogen-bond acceptors (Lipinski definition) is 5. The van der Waals surface area contributed by atoms with Crippen LogP contribution in [0.2, 0.25) is 0 Å². The number of aromatic nitrogens is 2. The average Bonchev–Trinajstić information content (AvgIpc) is 2.54. The molecule has 1 amide bonds. The molecular weight excluding hydrogens is 354 g/mol. The van der Waals surface area contributed by atoms with Crippen LogP contribution in [0, 0.1) is 22.2 Å². The molecule has 2 unspecified atom stereocenters. The molecule has 156 valence electrons. The summed E-state index contributed by atoms with van der Waals surface area (Å²) in [5.74, 6) is -1.15. The minimum Gasteiger partial charge on any atom is -0.345 e. The van der Waals surface area contributed by atoms with Gasteiger partial charge in [0.1, 0.15) is 5.69 Å². The minimum absolute atomic E-state index is 0.00853. The molecule has 6 heteroatoms. The molecule has 0 spiro atoms. The first kappa shape index (κ1) is 23.9. The predicted octanol–water partition coefficient (Wildman–Crippen LogP) is 3.86. The highest BCUT2D eigenvalue weighted by atomic mass is 16.2. The van der Waals surface area contributed by atoms with Crippen LogP contribution >= 0.6 is 0 Å². The summed E-state index contributed by atoms with van der Waals surface area (Å²) < 4.78 is 0. The summed E-state index contributed by atoms with van der Waals surface area (Å²) in [6.07, 6.45) is 4.36. The third-order valence-electron chi connectivity index (χ3n) is 4.75. The molecule has 0 aliphatic carbocycles. The van der Waals surface area contributed by atoms with Crippen molar-refractivity contribution in [2.45, 2.75) is 74.8 Å². The highest BCUT2D eigenvalue weighted by Crippen LogP contribution is 2.32. The fourth-order valence-corrected chi connectivity index (χ4v) is 2.88. The summed E-state index contributed by atoms with van der Waals surface area (Å²) in [6.45, 7) is 17.1. The van der Waals surface area contributed by atoms with Gasteiger partial charge in [0.15, 0.2) is 11.6 Å². The second-order valence-corrected chi connectivity index (χ2v) is 10.6. The molecule has 6 nitrogen and oxygen atoms in total. The minimum atomic E-state index is -0.642. The molecule has 0 aliphatic rings. The van der Waals surface area contributed by atoms with E-state index in [9.17, 15) is 14.4 Å². The van der Waals surface area contributed by atoms with E-state index in [2.05, 4.69) is 15.3 Å². The maximum Gasteiger partial charge on any atom is 0.224 e. The zero-order chi connectivity index (χ0) is 21.9. The van der Waals surface area contributed by atoms with Gasteiger partial charge in [0.05, 0.1) is 18.2 Å². The fourth-order valence-electron chi connectivity index (χ4n) is 2.88. The molecule has 1 aromatic rings. The second-order valence-electron chi connectivity index (χ2n) is 10.6. The van der Waals surface area contributed by atoms with Gasteiger partial charge in [-0.1, -0.05) is 62.3 Å². The number of carbonyl (C=O) groups is 3. The van der Waals surface area contributed by atoms with Gasteiger partial charge < -0.3 is 5.32 Å². The monoisotopic (exact) mass is 389 g/mol. The molecule has 0 radical (unpaired) electrons. The Bertz CT molecular complexity index is 707. The summed E-state index contributed by atoms with van der Waals surface area (Å²) in [5.41, 5.74) is -1.26. The van der Waals surface area contributed by atoms with E-state index in [-0.39, 0.29) is 29.6 Å². The molecule has 1 aromatic heterocycles. The number of nitrogens with zero attached hydrogens (tertiary/aromatic N) is 2. The smallest absolute Gasteiger partial charge is 0.224 e. The molecule has 0 aliphatic heterocycles. The Labute approximate surface area is 168 Å². The SMILES string of the molecule is CC(C)(C)C(=O)C(NC(=O)C(CC(=O)c1cnccn1)C(C)(C)C)C(C)(C)C. The number of amides is 1. The molecule has 0 saturated heterocycles. The quantitative estimate of drug-likeness (QED) is 0.746. The normalized spacial score (nSPS) is 14.9. The van der Waals surface area contributed by atoms with Crippen molar-refractivity contribution in [1.29, 1.82) is 0 Å². The lowest BCUT2D eigenvalue weighted by Gasteiger charge is -2.37. The van der Waals surface area contributed by atoms with Crippen molar-refractivity contribution in [3.05, 3.63) is 24.3 Å². The summed E-state index contributed by atoms with van der Waals surface area (Å²) in [5, 5.41) is 2.95. The Morgan fingerprint density at radius 2 is 1.50 bits per heavy atom. The van der Waals surface area contributed by atoms with Gasteiger partial charge in [-0.3, -0.25) is 19.4 Å². The lowest BCUT2D eigenvalue weighted by atomic mass is 9.73. The fraction of sp³-hybridized carbons (Fsp3) is 0.682. The van der Waals surface area contributed by atoms with E-state index in [1.807, 2.05) is 62.3 Å². The van der Waals surface area contributed by atoms with Gasteiger partial charge >= 0.3 is 0 Å². The van der Waals surface area contributed by atoms with E-state index in [1.165, 1.54) is 18.6 Å². The average molecular weight is 390 g/mol. The van der Waals surface area contributed by atoms with Gasteiger partial charge in [-0.25, -0.2) is 4.98 Å². The van der Waals surface area contributed by atoms with E-state index in [1.54, 1.807) is 0 Å². The van der Waals surface area contributed by atoms with E-state index in [0.717, 1.165) is 0 Å². The number of ketones is 2. The summed E-state index contributed by atoms with van der Waals surface area (Å²) in [6, 6.07) is -0.642. The van der Waals surface area contributed by atoms with Crippen LogP contribution in [0.4, 0.5) is 0 Å². The zero-order valence-electron chi connectivity index (χ0n) is 18.7. The van der Waals surface area contributed by atoms with Gasteiger partial charge in [0.25, 0.3) is 0 Å². The van der Waals surface area contributed by atoms with Gasteiger partial charge in [0, 0.05) is 24.2 Å². The van der Waals surface area contributed by atoms with Crippen LogP contribution < -0.4 is 5.32 Å². The Morgan fingerprint density at radius 3 is 1.89 bits per heavy atom. The second kappa shape index (κ2) is 8.50. The van der Waals surface area contributed by atoms with Gasteiger partial charge in [-0.05, 0) is 10.8 Å². The lowest BCUT2D eigenvalue weighted by Crippen LogP contribution is -2.55. The van der Waals surface area contributed by atoms with Crippen molar-refractivity contribution in [1.82, 2.24) is 15.3 Å². The van der Waals surface area contributed by atoms with Gasteiger partial charge in [0.2, 0.25) is 5.91 Å². The lowest BCUT2D eigenvalue weighted by molar-refractivity contribution is -0.138. The molecule has 0 saturated carbocycles. The van der Waals surface area contributed by atoms with E-state index < -0.39 is 28.2 Å². The molecule has 1 N–H and O–H groups in total. The maximum absolute atomic E-state index is 13.2. The molecule has 0 aromatic carbocycles.